The quantitative estimate of drug-likeness (QED) is 0.637. The van der Waals surface area contributed by atoms with E-state index in [1.54, 1.807) is 6.92 Å². The Balaban J connectivity index is 3.77. The zero-order valence-corrected chi connectivity index (χ0v) is 7.14. The molecule has 0 aliphatic heterocycles. The lowest BCUT2D eigenvalue weighted by molar-refractivity contribution is -0.144. The first kappa shape index (κ1) is 11.3. The summed E-state index contributed by atoms with van der Waals surface area (Å²) in [7, 11) is 1.38. The van der Waals surface area contributed by atoms with E-state index in [1.165, 1.54) is 7.05 Å². The maximum absolute atomic E-state index is 12.0. The number of carbonyl (C=O) groups is 1. The van der Waals surface area contributed by atoms with Crippen molar-refractivity contribution in [1.29, 1.82) is 0 Å². The lowest BCUT2D eigenvalue weighted by Gasteiger charge is -2.13. The van der Waals surface area contributed by atoms with E-state index >= 15 is 0 Å². The van der Waals surface area contributed by atoms with E-state index < -0.39 is 18.4 Å². The van der Waals surface area contributed by atoms with Gasteiger partial charge in [0, 0.05) is 0 Å². The van der Waals surface area contributed by atoms with Crippen LogP contribution in [0.5, 0.6) is 0 Å². The van der Waals surface area contributed by atoms with Crippen LogP contribution < -0.4 is 5.32 Å². The maximum Gasteiger partial charge on any atom is 0.307 e. The number of halogens is 2. The summed E-state index contributed by atoms with van der Waals surface area (Å²) in [5.74, 6) is -0.600. The Morgan fingerprint density at radius 1 is 1.58 bits per heavy atom. The second kappa shape index (κ2) is 5.88. The number of ether oxygens (including phenoxy) is 1. The van der Waals surface area contributed by atoms with E-state index in [0.29, 0.717) is 0 Å². The van der Waals surface area contributed by atoms with Crippen LogP contribution in [0.4, 0.5) is 8.78 Å². The minimum absolute atomic E-state index is 0.221. The molecule has 0 fully saturated rings. The number of nitrogens with one attached hydrogen (secondary N) is 1. The van der Waals surface area contributed by atoms with E-state index in [1.807, 2.05) is 0 Å². The van der Waals surface area contributed by atoms with Gasteiger partial charge in [-0.05, 0) is 14.0 Å². The van der Waals surface area contributed by atoms with Gasteiger partial charge in [0.1, 0.15) is 0 Å². The first-order valence-corrected chi connectivity index (χ1v) is 3.72. The predicted molar refractivity (Wildman–Crippen MR) is 40.1 cm³/mol. The van der Waals surface area contributed by atoms with Gasteiger partial charge in [0.05, 0.1) is 19.1 Å². The van der Waals surface area contributed by atoms with Crippen LogP contribution in [-0.4, -0.2) is 32.1 Å². The van der Waals surface area contributed by atoms with Crippen molar-refractivity contribution in [3.63, 3.8) is 0 Å². The van der Waals surface area contributed by atoms with Crippen LogP contribution in [0, 0.1) is 0 Å². The Bertz CT molecular complexity index is 141. The average molecular weight is 181 g/mol. The highest BCUT2D eigenvalue weighted by molar-refractivity contribution is 5.70. The summed E-state index contributed by atoms with van der Waals surface area (Å²) in [5, 5.41) is 2.34. The molecule has 1 atom stereocenters. The molecule has 0 aromatic rings. The molecule has 0 spiro atoms. The highest BCUT2D eigenvalue weighted by atomic mass is 19.3. The summed E-state index contributed by atoms with van der Waals surface area (Å²) in [6.45, 7) is 1.85. The van der Waals surface area contributed by atoms with Gasteiger partial charge < -0.3 is 10.1 Å². The third kappa shape index (κ3) is 4.23. The molecule has 12 heavy (non-hydrogen) atoms. The first-order chi connectivity index (χ1) is 5.61. The molecule has 0 radical (unpaired) electrons. The monoisotopic (exact) mass is 181 g/mol. The smallest absolute Gasteiger partial charge is 0.307 e. The molecule has 0 aliphatic rings. The molecule has 3 nitrogen and oxygen atoms in total. The Hall–Kier alpha value is -0.710. The van der Waals surface area contributed by atoms with Crippen LogP contribution >= 0.6 is 0 Å². The standard InChI is InChI=1S/C7H13F2NO2/c1-3-12-6(11)4-5(10-2)7(8)9/h5,7,10H,3-4H2,1-2H3. The van der Waals surface area contributed by atoms with Gasteiger partial charge in [-0.2, -0.15) is 0 Å². The van der Waals surface area contributed by atoms with Gasteiger partial charge in [0.2, 0.25) is 0 Å². The van der Waals surface area contributed by atoms with Crippen molar-refractivity contribution < 1.29 is 18.3 Å². The molecule has 1 N–H and O–H groups in total. The van der Waals surface area contributed by atoms with Crippen LogP contribution in [0.15, 0.2) is 0 Å². The molecule has 1 unspecified atom stereocenters. The molecule has 5 heteroatoms. The third-order valence-electron chi connectivity index (χ3n) is 1.37. The number of alkyl halides is 2. The summed E-state index contributed by atoms with van der Waals surface area (Å²) < 4.78 is 28.6. The van der Waals surface area contributed by atoms with E-state index in [9.17, 15) is 13.6 Å². The van der Waals surface area contributed by atoms with Gasteiger partial charge in [-0.1, -0.05) is 0 Å². The molecule has 72 valence electrons. The van der Waals surface area contributed by atoms with Crippen molar-refractivity contribution in [2.75, 3.05) is 13.7 Å². The van der Waals surface area contributed by atoms with Crippen molar-refractivity contribution >= 4 is 5.97 Å². The van der Waals surface area contributed by atoms with Crippen molar-refractivity contribution in [3.8, 4) is 0 Å². The van der Waals surface area contributed by atoms with Crippen LogP contribution in [0.3, 0.4) is 0 Å². The number of carbonyl (C=O) groups excluding carboxylic acids is 1. The summed E-state index contributed by atoms with van der Waals surface area (Å²) >= 11 is 0. The Morgan fingerprint density at radius 2 is 2.17 bits per heavy atom. The molecule has 0 rings (SSSR count). The molecular formula is C7H13F2NO2. The Morgan fingerprint density at radius 3 is 2.50 bits per heavy atom. The molecular weight excluding hydrogens is 168 g/mol. The van der Waals surface area contributed by atoms with Crippen molar-refractivity contribution in [1.82, 2.24) is 5.32 Å². The normalized spacial score (nSPS) is 13.1. The lowest BCUT2D eigenvalue weighted by atomic mass is 10.2. The second-order valence-corrected chi connectivity index (χ2v) is 2.24. The number of rotatable bonds is 5. The molecule has 0 aromatic heterocycles. The topological polar surface area (TPSA) is 38.3 Å². The molecule has 0 saturated carbocycles. The molecule has 0 aromatic carbocycles. The minimum Gasteiger partial charge on any atom is -0.466 e. The summed E-state index contributed by atoms with van der Waals surface area (Å²) in [6.07, 6.45) is -2.83. The molecule has 0 amide bonds. The summed E-state index contributed by atoms with van der Waals surface area (Å²) in [4.78, 5) is 10.7. The summed E-state index contributed by atoms with van der Waals surface area (Å²) in [5.41, 5.74) is 0. The van der Waals surface area contributed by atoms with E-state index in [0.717, 1.165) is 0 Å². The number of esters is 1. The van der Waals surface area contributed by atoms with Crippen LogP contribution in [-0.2, 0) is 9.53 Å². The van der Waals surface area contributed by atoms with E-state index in [-0.39, 0.29) is 13.0 Å². The summed E-state index contributed by atoms with van der Waals surface area (Å²) in [6, 6.07) is -1.11. The van der Waals surface area contributed by atoms with E-state index in [2.05, 4.69) is 10.1 Å². The predicted octanol–water partition coefficient (Wildman–Crippen LogP) is 0.793. The third-order valence-corrected chi connectivity index (χ3v) is 1.37. The Labute approximate surface area is 70.1 Å². The zero-order valence-electron chi connectivity index (χ0n) is 7.14. The maximum atomic E-state index is 12.0. The molecule has 0 aliphatic carbocycles. The van der Waals surface area contributed by atoms with E-state index in [4.69, 9.17) is 0 Å². The van der Waals surface area contributed by atoms with Gasteiger partial charge in [-0.25, -0.2) is 8.78 Å². The SMILES string of the molecule is CCOC(=O)CC(NC)C(F)F. The van der Waals surface area contributed by atoms with Crippen molar-refractivity contribution in [2.45, 2.75) is 25.8 Å². The van der Waals surface area contributed by atoms with Crippen molar-refractivity contribution in [3.05, 3.63) is 0 Å². The van der Waals surface area contributed by atoms with Crippen molar-refractivity contribution in [2.24, 2.45) is 0 Å². The largest absolute Gasteiger partial charge is 0.466 e. The van der Waals surface area contributed by atoms with Gasteiger partial charge in [0.15, 0.2) is 0 Å². The fourth-order valence-corrected chi connectivity index (χ4v) is 0.717. The van der Waals surface area contributed by atoms with Gasteiger partial charge in [0.25, 0.3) is 6.43 Å². The number of hydrogen-bond donors (Lipinski definition) is 1. The lowest BCUT2D eigenvalue weighted by Crippen LogP contribution is -2.35. The molecule has 0 heterocycles. The van der Waals surface area contributed by atoms with Crippen LogP contribution in [0.1, 0.15) is 13.3 Å². The second-order valence-electron chi connectivity index (χ2n) is 2.24. The van der Waals surface area contributed by atoms with Crippen LogP contribution in [0.2, 0.25) is 0 Å². The Kier molecular flexibility index (Phi) is 5.53. The highest BCUT2D eigenvalue weighted by Crippen LogP contribution is 2.05. The number of hydrogen-bond acceptors (Lipinski definition) is 3. The first-order valence-electron chi connectivity index (χ1n) is 3.72. The fourth-order valence-electron chi connectivity index (χ4n) is 0.717. The fraction of sp³-hybridized carbons (Fsp3) is 0.857. The van der Waals surface area contributed by atoms with Crippen LogP contribution in [0.25, 0.3) is 0 Å². The highest BCUT2D eigenvalue weighted by Gasteiger charge is 2.21. The zero-order chi connectivity index (χ0) is 9.56. The average Bonchev–Trinajstić information content (AvgIpc) is 2.00. The van der Waals surface area contributed by atoms with Gasteiger partial charge in [-0.3, -0.25) is 4.79 Å². The minimum atomic E-state index is -2.54. The molecule has 0 saturated heterocycles. The van der Waals surface area contributed by atoms with Gasteiger partial charge >= 0.3 is 5.97 Å². The van der Waals surface area contributed by atoms with Gasteiger partial charge in [-0.15, -0.1) is 0 Å². The molecule has 0 bridgehead atoms.